The Hall–Kier alpha value is -1.49. The van der Waals surface area contributed by atoms with Crippen LogP contribution in [0.1, 0.15) is 12.5 Å². The van der Waals surface area contributed by atoms with Gasteiger partial charge >= 0.3 is 5.97 Å². The van der Waals surface area contributed by atoms with Gasteiger partial charge in [-0.05, 0) is 12.5 Å². The Morgan fingerprint density at radius 2 is 2.00 bits per heavy atom. The van der Waals surface area contributed by atoms with E-state index in [2.05, 4.69) is 17.9 Å². The highest BCUT2D eigenvalue weighted by Crippen LogP contribution is 2.05. The van der Waals surface area contributed by atoms with E-state index in [9.17, 15) is 9.59 Å². The normalized spacial score (nSPS) is 11.7. The molecular formula is C13H17NO3S. The maximum Gasteiger partial charge on any atom is 0.328 e. The van der Waals surface area contributed by atoms with E-state index >= 15 is 0 Å². The third-order valence-corrected chi connectivity index (χ3v) is 2.62. The number of nitrogens with one attached hydrogen (secondary N) is 1. The summed E-state index contributed by atoms with van der Waals surface area (Å²) >= 11 is 3.87. The van der Waals surface area contributed by atoms with Gasteiger partial charge in [-0.15, -0.1) is 0 Å². The molecule has 98 valence electrons. The van der Waals surface area contributed by atoms with Crippen LogP contribution in [0.25, 0.3) is 0 Å². The van der Waals surface area contributed by atoms with Gasteiger partial charge in [0.05, 0.1) is 12.4 Å². The van der Waals surface area contributed by atoms with Crippen LogP contribution in [-0.2, 0) is 20.7 Å². The molecule has 0 heterocycles. The van der Waals surface area contributed by atoms with Crippen molar-refractivity contribution in [2.45, 2.75) is 19.4 Å². The number of ether oxygens (including phenoxy) is 1. The zero-order valence-electron chi connectivity index (χ0n) is 10.3. The van der Waals surface area contributed by atoms with Crippen molar-refractivity contribution in [3.63, 3.8) is 0 Å². The van der Waals surface area contributed by atoms with Gasteiger partial charge in [-0.1, -0.05) is 30.3 Å². The second kappa shape index (κ2) is 7.76. The van der Waals surface area contributed by atoms with Crippen molar-refractivity contribution in [2.24, 2.45) is 0 Å². The molecule has 0 fully saturated rings. The number of hydrogen-bond acceptors (Lipinski definition) is 4. The van der Waals surface area contributed by atoms with E-state index in [1.807, 2.05) is 30.3 Å². The molecule has 0 unspecified atom stereocenters. The first kappa shape index (κ1) is 14.6. The van der Waals surface area contributed by atoms with Crippen LogP contribution in [0.4, 0.5) is 0 Å². The van der Waals surface area contributed by atoms with Gasteiger partial charge in [-0.25, -0.2) is 4.79 Å². The molecular weight excluding hydrogens is 250 g/mol. The molecule has 0 aliphatic rings. The highest BCUT2D eigenvalue weighted by molar-refractivity contribution is 7.81. The summed E-state index contributed by atoms with van der Waals surface area (Å²) < 4.78 is 4.94. The van der Waals surface area contributed by atoms with E-state index in [4.69, 9.17) is 4.74 Å². The van der Waals surface area contributed by atoms with Crippen LogP contribution in [0.3, 0.4) is 0 Å². The minimum absolute atomic E-state index is 0.0463. The van der Waals surface area contributed by atoms with Gasteiger partial charge in [-0.3, -0.25) is 4.79 Å². The molecule has 1 aromatic rings. The van der Waals surface area contributed by atoms with Crippen LogP contribution >= 0.6 is 12.6 Å². The molecule has 18 heavy (non-hydrogen) atoms. The van der Waals surface area contributed by atoms with Crippen molar-refractivity contribution in [1.82, 2.24) is 5.32 Å². The average molecular weight is 267 g/mol. The Kier molecular flexibility index (Phi) is 6.28. The van der Waals surface area contributed by atoms with E-state index in [0.717, 1.165) is 5.56 Å². The van der Waals surface area contributed by atoms with E-state index in [0.29, 0.717) is 13.0 Å². The molecule has 1 N–H and O–H groups in total. The monoisotopic (exact) mass is 267 g/mol. The van der Waals surface area contributed by atoms with Crippen LogP contribution in [0.2, 0.25) is 0 Å². The molecule has 0 aliphatic carbocycles. The molecule has 0 aromatic heterocycles. The maximum absolute atomic E-state index is 11.7. The van der Waals surface area contributed by atoms with Gasteiger partial charge < -0.3 is 10.1 Å². The Bertz CT molecular complexity index is 394. The lowest BCUT2D eigenvalue weighted by Gasteiger charge is -2.16. The molecule has 4 nitrogen and oxygen atoms in total. The Morgan fingerprint density at radius 1 is 1.33 bits per heavy atom. The number of esters is 1. The van der Waals surface area contributed by atoms with E-state index < -0.39 is 12.0 Å². The van der Waals surface area contributed by atoms with Gasteiger partial charge in [-0.2, -0.15) is 12.6 Å². The summed E-state index contributed by atoms with van der Waals surface area (Å²) in [6.45, 7) is 2.03. The third-order valence-electron chi connectivity index (χ3n) is 2.33. The van der Waals surface area contributed by atoms with Gasteiger partial charge in [0.15, 0.2) is 0 Å². The van der Waals surface area contributed by atoms with Crippen LogP contribution in [0.5, 0.6) is 0 Å². The Balaban J connectivity index is 2.71. The molecule has 1 atom stereocenters. The predicted molar refractivity (Wildman–Crippen MR) is 72.6 cm³/mol. The maximum atomic E-state index is 11.7. The van der Waals surface area contributed by atoms with Crippen molar-refractivity contribution < 1.29 is 14.3 Å². The number of amides is 1. The average Bonchev–Trinajstić information content (AvgIpc) is 2.39. The number of thiol groups is 1. The summed E-state index contributed by atoms with van der Waals surface area (Å²) in [6, 6.07) is 8.82. The molecule has 5 heteroatoms. The van der Waals surface area contributed by atoms with Crippen LogP contribution in [0, 0.1) is 0 Å². The fourth-order valence-electron chi connectivity index (χ4n) is 1.53. The first-order valence-corrected chi connectivity index (χ1v) is 6.41. The largest absolute Gasteiger partial charge is 0.464 e. The van der Waals surface area contributed by atoms with Crippen LogP contribution in [-0.4, -0.2) is 30.3 Å². The predicted octanol–water partition coefficient (Wildman–Crippen LogP) is 1.21. The van der Waals surface area contributed by atoms with Crippen LogP contribution < -0.4 is 5.32 Å². The Morgan fingerprint density at radius 3 is 2.56 bits per heavy atom. The molecule has 1 aromatic carbocycles. The van der Waals surface area contributed by atoms with Crippen molar-refractivity contribution in [2.75, 3.05) is 12.4 Å². The lowest BCUT2D eigenvalue weighted by Crippen LogP contribution is -2.43. The second-order valence-corrected chi connectivity index (χ2v) is 4.04. The molecule has 0 bridgehead atoms. The highest BCUT2D eigenvalue weighted by atomic mass is 32.1. The second-order valence-electron chi connectivity index (χ2n) is 3.72. The number of rotatable bonds is 6. The summed E-state index contributed by atoms with van der Waals surface area (Å²) in [5, 5.41) is 2.61. The molecule has 1 amide bonds. The lowest BCUT2D eigenvalue weighted by molar-refractivity contribution is -0.147. The first-order valence-electron chi connectivity index (χ1n) is 5.78. The molecule has 0 saturated heterocycles. The summed E-state index contributed by atoms with van der Waals surface area (Å²) in [5.41, 5.74) is 0.968. The molecule has 0 saturated carbocycles. The summed E-state index contributed by atoms with van der Waals surface area (Å²) in [7, 11) is 0. The molecule has 0 spiro atoms. The number of benzene rings is 1. The standard InChI is InChI=1S/C13H17NO3S/c1-2-17-13(16)11(14-12(15)9-18)8-10-6-4-3-5-7-10/h3-7,11,18H,2,8-9H2,1H3,(H,14,15)/t11-/m0/s1. The number of carbonyl (C=O) groups excluding carboxylic acids is 2. The topological polar surface area (TPSA) is 55.4 Å². The smallest absolute Gasteiger partial charge is 0.328 e. The number of carbonyl (C=O) groups is 2. The van der Waals surface area contributed by atoms with Gasteiger partial charge in [0.1, 0.15) is 6.04 Å². The highest BCUT2D eigenvalue weighted by Gasteiger charge is 2.21. The van der Waals surface area contributed by atoms with Gasteiger partial charge in [0.2, 0.25) is 5.91 Å². The fraction of sp³-hybridized carbons (Fsp3) is 0.385. The minimum Gasteiger partial charge on any atom is -0.464 e. The summed E-state index contributed by atoms with van der Waals surface area (Å²) in [6.07, 6.45) is 0.416. The zero-order valence-corrected chi connectivity index (χ0v) is 11.2. The third kappa shape index (κ3) is 4.79. The minimum atomic E-state index is -0.660. The zero-order chi connectivity index (χ0) is 13.4. The van der Waals surface area contributed by atoms with E-state index in [1.54, 1.807) is 6.92 Å². The fourth-order valence-corrected chi connectivity index (χ4v) is 1.62. The quantitative estimate of drug-likeness (QED) is 0.601. The SMILES string of the molecule is CCOC(=O)[C@H](Cc1ccccc1)NC(=O)CS. The first-order chi connectivity index (χ1) is 8.67. The van der Waals surface area contributed by atoms with E-state index in [1.165, 1.54) is 0 Å². The lowest BCUT2D eigenvalue weighted by atomic mass is 10.1. The van der Waals surface area contributed by atoms with Crippen molar-refractivity contribution in [3.05, 3.63) is 35.9 Å². The summed E-state index contributed by atoms with van der Waals surface area (Å²) in [4.78, 5) is 23.1. The molecule has 0 aliphatic heterocycles. The number of hydrogen-bond donors (Lipinski definition) is 2. The van der Waals surface area contributed by atoms with Gasteiger partial charge in [0, 0.05) is 6.42 Å². The van der Waals surface area contributed by atoms with Gasteiger partial charge in [0.25, 0.3) is 0 Å². The summed E-state index contributed by atoms with van der Waals surface area (Å²) in [5.74, 6) is -0.658. The van der Waals surface area contributed by atoms with Crippen molar-refractivity contribution in [1.29, 1.82) is 0 Å². The van der Waals surface area contributed by atoms with Crippen LogP contribution in [0.15, 0.2) is 30.3 Å². The molecule has 1 rings (SSSR count). The van der Waals surface area contributed by atoms with Crippen molar-refractivity contribution >= 4 is 24.5 Å². The van der Waals surface area contributed by atoms with E-state index in [-0.39, 0.29) is 11.7 Å². The molecule has 0 radical (unpaired) electrons. The van der Waals surface area contributed by atoms with Crippen molar-refractivity contribution in [3.8, 4) is 0 Å². The Labute approximate surface area is 112 Å².